The maximum absolute atomic E-state index is 12.9. The Bertz CT molecular complexity index is 504. The molecule has 106 valence electrons. The lowest BCUT2D eigenvalue weighted by Crippen LogP contribution is -2.40. The average molecular weight is 271 g/mol. The van der Waals surface area contributed by atoms with Crippen molar-refractivity contribution in [3.63, 3.8) is 0 Å². The van der Waals surface area contributed by atoms with E-state index in [9.17, 15) is 4.79 Å². The van der Waals surface area contributed by atoms with Crippen molar-refractivity contribution < 1.29 is 4.79 Å². The molecule has 3 aliphatic rings. The Morgan fingerprint density at radius 1 is 1.25 bits per heavy atom. The van der Waals surface area contributed by atoms with Crippen molar-refractivity contribution in [2.75, 3.05) is 6.54 Å². The molecule has 2 bridgehead atoms. The molecule has 4 rings (SSSR count). The van der Waals surface area contributed by atoms with Crippen molar-refractivity contribution in [3.05, 3.63) is 30.1 Å². The number of carbonyl (C=O) groups is 1. The first-order valence-electron chi connectivity index (χ1n) is 7.79. The zero-order valence-corrected chi connectivity index (χ0v) is 11.7. The Kier molecular flexibility index (Phi) is 2.99. The van der Waals surface area contributed by atoms with Crippen molar-refractivity contribution in [1.29, 1.82) is 0 Å². The molecule has 4 atom stereocenters. The van der Waals surface area contributed by atoms with Crippen molar-refractivity contribution in [2.45, 2.75) is 50.2 Å². The fraction of sp³-hybridized carbons (Fsp3) is 0.625. The molecule has 20 heavy (non-hydrogen) atoms. The number of fused-ring (bicyclic) bond motifs is 2. The second-order valence-electron chi connectivity index (χ2n) is 6.36. The SMILES string of the molecule is O=C(C1CC2CCC1N2)N1CCCC1c1ccncc1. The van der Waals surface area contributed by atoms with Gasteiger partial charge in [0.05, 0.1) is 12.0 Å². The average Bonchev–Trinajstić information content (AvgIpc) is 3.23. The van der Waals surface area contributed by atoms with Gasteiger partial charge in [0.1, 0.15) is 0 Å². The molecular formula is C16H21N3O. The molecule has 3 fully saturated rings. The zero-order valence-electron chi connectivity index (χ0n) is 11.7. The Balaban J connectivity index is 1.54. The van der Waals surface area contributed by atoms with E-state index in [1.54, 1.807) is 0 Å². The summed E-state index contributed by atoms with van der Waals surface area (Å²) in [6, 6.07) is 5.40. The van der Waals surface area contributed by atoms with E-state index in [1.165, 1.54) is 18.4 Å². The van der Waals surface area contributed by atoms with E-state index in [2.05, 4.69) is 27.3 Å². The first kappa shape index (κ1) is 12.3. The molecule has 1 N–H and O–H groups in total. The van der Waals surface area contributed by atoms with Crippen LogP contribution in [0.4, 0.5) is 0 Å². The summed E-state index contributed by atoms with van der Waals surface area (Å²) in [6.45, 7) is 0.916. The third-order valence-electron chi connectivity index (χ3n) is 5.24. The highest BCUT2D eigenvalue weighted by Crippen LogP contribution is 2.38. The number of nitrogens with zero attached hydrogens (tertiary/aromatic N) is 2. The second-order valence-corrected chi connectivity index (χ2v) is 6.36. The molecule has 0 radical (unpaired) electrons. The summed E-state index contributed by atoms with van der Waals surface area (Å²) in [6.07, 6.45) is 9.34. The molecule has 0 spiro atoms. The zero-order chi connectivity index (χ0) is 13.5. The van der Waals surface area contributed by atoms with Gasteiger partial charge in [-0.3, -0.25) is 9.78 Å². The maximum atomic E-state index is 12.9. The molecule has 0 aliphatic carbocycles. The highest BCUT2D eigenvalue weighted by atomic mass is 16.2. The molecule has 4 nitrogen and oxygen atoms in total. The molecule has 1 aromatic rings. The number of nitrogens with one attached hydrogen (secondary N) is 1. The number of amides is 1. The number of rotatable bonds is 2. The summed E-state index contributed by atoms with van der Waals surface area (Å²) >= 11 is 0. The number of hydrogen-bond acceptors (Lipinski definition) is 3. The van der Waals surface area contributed by atoms with E-state index in [0.717, 1.165) is 25.8 Å². The van der Waals surface area contributed by atoms with Crippen molar-refractivity contribution in [1.82, 2.24) is 15.2 Å². The second kappa shape index (κ2) is 4.85. The lowest BCUT2D eigenvalue weighted by molar-refractivity contribution is -0.137. The molecule has 1 aromatic heterocycles. The highest BCUT2D eigenvalue weighted by Gasteiger charge is 2.45. The minimum Gasteiger partial charge on any atom is -0.335 e. The molecule has 4 heterocycles. The van der Waals surface area contributed by atoms with Crippen LogP contribution in [0.2, 0.25) is 0 Å². The summed E-state index contributed by atoms with van der Waals surface area (Å²) in [5.41, 5.74) is 1.24. The fourth-order valence-corrected chi connectivity index (χ4v) is 4.27. The summed E-state index contributed by atoms with van der Waals surface area (Å²) in [5.74, 6) is 0.597. The Hall–Kier alpha value is -1.42. The Morgan fingerprint density at radius 2 is 2.10 bits per heavy atom. The van der Waals surface area contributed by atoms with Gasteiger partial charge >= 0.3 is 0 Å². The van der Waals surface area contributed by atoms with E-state index >= 15 is 0 Å². The third-order valence-corrected chi connectivity index (χ3v) is 5.24. The lowest BCUT2D eigenvalue weighted by Gasteiger charge is -2.30. The number of hydrogen-bond donors (Lipinski definition) is 1. The van der Waals surface area contributed by atoms with Crippen LogP contribution in [0.1, 0.15) is 43.7 Å². The van der Waals surface area contributed by atoms with Crippen LogP contribution in [0.25, 0.3) is 0 Å². The van der Waals surface area contributed by atoms with Crippen LogP contribution in [0.15, 0.2) is 24.5 Å². The van der Waals surface area contributed by atoms with Gasteiger partial charge in [-0.1, -0.05) is 0 Å². The van der Waals surface area contributed by atoms with E-state index < -0.39 is 0 Å². The highest BCUT2D eigenvalue weighted by molar-refractivity contribution is 5.81. The molecule has 4 heteroatoms. The summed E-state index contributed by atoms with van der Waals surface area (Å²) in [4.78, 5) is 19.1. The van der Waals surface area contributed by atoms with Gasteiger partial charge < -0.3 is 10.2 Å². The molecule has 0 aromatic carbocycles. The van der Waals surface area contributed by atoms with Gasteiger partial charge in [0.2, 0.25) is 5.91 Å². The number of carbonyl (C=O) groups excluding carboxylic acids is 1. The van der Waals surface area contributed by atoms with E-state index in [4.69, 9.17) is 0 Å². The van der Waals surface area contributed by atoms with Gasteiger partial charge in [-0.15, -0.1) is 0 Å². The van der Waals surface area contributed by atoms with Gasteiger partial charge in [-0.2, -0.15) is 0 Å². The van der Waals surface area contributed by atoms with Gasteiger partial charge in [0.15, 0.2) is 0 Å². The van der Waals surface area contributed by atoms with Crippen LogP contribution in [0, 0.1) is 5.92 Å². The standard InChI is InChI=1S/C16H21N3O/c20-16(13-10-12-3-4-14(13)18-12)19-9-1-2-15(19)11-5-7-17-8-6-11/h5-8,12-15,18H,1-4,9-10H2. The van der Waals surface area contributed by atoms with Crippen molar-refractivity contribution in [3.8, 4) is 0 Å². The van der Waals surface area contributed by atoms with Crippen LogP contribution in [-0.2, 0) is 4.79 Å². The van der Waals surface area contributed by atoms with Gasteiger partial charge in [-0.05, 0) is 49.8 Å². The normalized spacial score (nSPS) is 35.7. The topological polar surface area (TPSA) is 45.2 Å². The lowest BCUT2D eigenvalue weighted by atomic mass is 9.88. The third kappa shape index (κ3) is 1.94. The molecular weight excluding hydrogens is 250 g/mol. The van der Waals surface area contributed by atoms with Gasteiger partial charge in [0, 0.05) is 31.0 Å². The summed E-state index contributed by atoms with van der Waals surface area (Å²) in [5, 5.41) is 3.58. The molecule has 0 saturated carbocycles. The van der Waals surface area contributed by atoms with Crippen LogP contribution in [-0.4, -0.2) is 34.4 Å². The van der Waals surface area contributed by atoms with E-state index in [1.807, 2.05) is 12.4 Å². The molecule has 1 amide bonds. The largest absolute Gasteiger partial charge is 0.335 e. The number of pyridine rings is 1. The maximum Gasteiger partial charge on any atom is 0.227 e. The fourth-order valence-electron chi connectivity index (χ4n) is 4.27. The smallest absolute Gasteiger partial charge is 0.227 e. The Labute approximate surface area is 119 Å². The summed E-state index contributed by atoms with van der Waals surface area (Å²) < 4.78 is 0. The van der Waals surface area contributed by atoms with Crippen LogP contribution < -0.4 is 5.32 Å². The van der Waals surface area contributed by atoms with Gasteiger partial charge in [-0.25, -0.2) is 0 Å². The van der Waals surface area contributed by atoms with Crippen LogP contribution in [0.5, 0.6) is 0 Å². The van der Waals surface area contributed by atoms with Gasteiger partial charge in [0.25, 0.3) is 0 Å². The summed E-state index contributed by atoms with van der Waals surface area (Å²) in [7, 11) is 0. The quantitative estimate of drug-likeness (QED) is 0.893. The molecule has 4 unspecified atom stereocenters. The minimum atomic E-state index is 0.219. The minimum absolute atomic E-state index is 0.219. The molecule has 3 saturated heterocycles. The van der Waals surface area contributed by atoms with Crippen molar-refractivity contribution in [2.24, 2.45) is 5.92 Å². The first-order valence-corrected chi connectivity index (χ1v) is 7.79. The number of likely N-dealkylation sites (tertiary alicyclic amines) is 1. The Morgan fingerprint density at radius 3 is 2.80 bits per heavy atom. The monoisotopic (exact) mass is 271 g/mol. The predicted octanol–water partition coefficient (Wildman–Crippen LogP) is 1.89. The number of aromatic nitrogens is 1. The van der Waals surface area contributed by atoms with Crippen LogP contribution in [0.3, 0.4) is 0 Å². The van der Waals surface area contributed by atoms with Crippen molar-refractivity contribution >= 4 is 5.91 Å². The molecule has 3 aliphatic heterocycles. The first-order chi connectivity index (χ1) is 9.83. The van der Waals surface area contributed by atoms with Crippen LogP contribution >= 0.6 is 0 Å². The van der Waals surface area contributed by atoms with E-state index in [-0.39, 0.29) is 12.0 Å². The van der Waals surface area contributed by atoms with E-state index in [0.29, 0.717) is 18.0 Å². The predicted molar refractivity (Wildman–Crippen MR) is 76.0 cm³/mol.